The first kappa shape index (κ1) is 12.0. The molecule has 0 radical (unpaired) electrons. The Hall–Kier alpha value is -1.83. The molecule has 2 aliphatic carbocycles. The van der Waals surface area contributed by atoms with Crippen LogP contribution in [0.5, 0.6) is 0 Å². The fourth-order valence-corrected chi connectivity index (χ4v) is 3.96. The second-order valence-electron chi connectivity index (χ2n) is 5.89. The van der Waals surface area contributed by atoms with E-state index in [1.807, 2.05) is 0 Å². The number of carbonyl (C=O) groups is 1. The molecule has 2 nitrogen and oxygen atoms in total. The third-order valence-corrected chi connectivity index (χ3v) is 4.81. The van der Waals surface area contributed by atoms with Crippen LogP contribution in [0.25, 0.3) is 10.8 Å². The number of ether oxygens (including phenoxy) is 1. The van der Waals surface area contributed by atoms with Gasteiger partial charge < -0.3 is 4.74 Å². The van der Waals surface area contributed by atoms with E-state index in [1.165, 1.54) is 53.0 Å². The quantitative estimate of drug-likeness (QED) is 0.737. The summed E-state index contributed by atoms with van der Waals surface area (Å²) in [5, 5.41) is 2.81. The maximum Gasteiger partial charge on any atom is 0.338 e. The minimum atomic E-state index is -0.179. The summed E-state index contributed by atoms with van der Waals surface area (Å²) >= 11 is 0. The standard InChI is InChI=1S/C18H18O2/c1-20-18(19)15-10-13-6-2-4-11-8-9-12-5-3-7-14(15)17(12)16(11)13/h8-10H,2-7H2,1H3. The SMILES string of the molecule is COC(=O)c1cc2c3c(ccc4c3c1CCC4)CCC2. The van der Waals surface area contributed by atoms with Gasteiger partial charge in [0, 0.05) is 0 Å². The normalized spacial score (nSPS) is 16.2. The van der Waals surface area contributed by atoms with Crippen molar-refractivity contribution >= 4 is 16.7 Å². The number of hydrogen-bond donors (Lipinski definition) is 0. The molecule has 0 saturated carbocycles. The number of hydrogen-bond acceptors (Lipinski definition) is 2. The van der Waals surface area contributed by atoms with E-state index in [2.05, 4.69) is 18.2 Å². The van der Waals surface area contributed by atoms with Crippen LogP contribution in [0.1, 0.15) is 45.5 Å². The summed E-state index contributed by atoms with van der Waals surface area (Å²) in [7, 11) is 1.48. The summed E-state index contributed by atoms with van der Waals surface area (Å²) in [4.78, 5) is 12.1. The Labute approximate surface area is 118 Å². The average Bonchev–Trinajstić information content (AvgIpc) is 2.51. The molecule has 0 N–H and O–H groups in total. The number of aryl methyl sites for hydroxylation is 4. The van der Waals surface area contributed by atoms with Gasteiger partial charge in [0.15, 0.2) is 0 Å². The fraction of sp³-hybridized carbons (Fsp3) is 0.389. The summed E-state index contributed by atoms with van der Waals surface area (Å²) in [6.45, 7) is 0. The van der Waals surface area contributed by atoms with Gasteiger partial charge in [-0.2, -0.15) is 0 Å². The Kier molecular flexibility index (Phi) is 2.59. The van der Waals surface area contributed by atoms with Gasteiger partial charge in [0.1, 0.15) is 0 Å². The highest BCUT2D eigenvalue weighted by Crippen LogP contribution is 2.39. The van der Waals surface area contributed by atoms with Crippen LogP contribution in [0.4, 0.5) is 0 Å². The van der Waals surface area contributed by atoms with Gasteiger partial charge in [-0.1, -0.05) is 12.1 Å². The maximum atomic E-state index is 12.1. The zero-order valence-electron chi connectivity index (χ0n) is 11.8. The van der Waals surface area contributed by atoms with Crippen molar-refractivity contribution in [3.63, 3.8) is 0 Å². The molecule has 4 rings (SSSR count). The minimum absolute atomic E-state index is 0.179. The minimum Gasteiger partial charge on any atom is -0.465 e. The molecule has 0 aliphatic heterocycles. The summed E-state index contributed by atoms with van der Waals surface area (Å²) < 4.78 is 5.00. The lowest BCUT2D eigenvalue weighted by Crippen LogP contribution is -2.14. The van der Waals surface area contributed by atoms with Crippen LogP contribution < -0.4 is 0 Å². The Balaban J connectivity index is 2.14. The Bertz CT molecular complexity index is 728. The third-order valence-electron chi connectivity index (χ3n) is 4.81. The van der Waals surface area contributed by atoms with E-state index in [9.17, 15) is 4.79 Å². The molecule has 2 aromatic carbocycles. The molecule has 102 valence electrons. The fourth-order valence-electron chi connectivity index (χ4n) is 3.96. The van der Waals surface area contributed by atoms with Gasteiger partial charge in [-0.15, -0.1) is 0 Å². The van der Waals surface area contributed by atoms with E-state index in [1.54, 1.807) is 0 Å². The smallest absolute Gasteiger partial charge is 0.338 e. The highest BCUT2D eigenvalue weighted by Gasteiger charge is 2.25. The van der Waals surface area contributed by atoms with Crippen LogP contribution in [0.15, 0.2) is 18.2 Å². The number of methoxy groups -OCH3 is 1. The van der Waals surface area contributed by atoms with E-state index in [4.69, 9.17) is 4.74 Å². The molecule has 0 atom stereocenters. The van der Waals surface area contributed by atoms with Crippen molar-refractivity contribution in [3.05, 3.63) is 46.0 Å². The van der Waals surface area contributed by atoms with Crippen molar-refractivity contribution in [1.29, 1.82) is 0 Å². The molecule has 0 aromatic heterocycles. The van der Waals surface area contributed by atoms with Crippen molar-refractivity contribution in [1.82, 2.24) is 0 Å². The second kappa shape index (κ2) is 4.34. The summed E-state index contributed by atoms with van der Waals surface area (Å²) in [6, 6.07) is 6.67. The molecule has 2 aliphatic rings. The molecule has 0 unspecified atom stereocenters. The molecular formula is C18H18O2. The molecule has 2 heteroatoms. The van der Waals surface area contributed by atoms with Crippen LogP contribution >= 0.6 is 0 Å². The largest absolute Gasteiger partial charge is 0.465 e. The first-order valence-electron chi connectivity index (χ1n) is 7.47. The van der Waals surface area contributed by atoms with Gasteiger partial charge in [-0.05, 0) is 77.6 Å². The number of benzene rings is 2. The second-order valence-corrected chi connectivity index (χ2v) is 5.89. The Morgan fingerprint density at radius 2 is 1.60 bits per heavy atom. The van der Waals surface area contributed by atoms with Gasteiger partial charge in [0.2, 0.25) is 0 Å². The van der Waals surface area contributed by atoms with Gasteiger partial charge in [-0.25, -0.2) is 4.79 Å². The van der Waals surface area contributed by atoms with Crippen LogP contribution in [0, 0.1) is 0 Å². The first-order valence-corrected chi connectivity index (χ1v) is 7.47. The van der Waals surface area contributed by atoms with E-state index in [0.717, 1.165) is 31.2 Å². The van der Waals surface area contributed by atoms with Crippen molar-refractivity contribution in [2.45, 2.75) is 38.5 Å². The lowest BCUT2D eigenvalue weighted by molar-refractivity contribution is 0.0599. The number of carbonyl (C=O) groups excluding carboxylic acids is 1. The molecule has 0 spiro atoms. The number of esters is 1. The Morgan fingerprint density at radius 3 is 2.35 bits per heavy atom. The van der Waals surface area contributed by atoms with Crippen LogP contribution in [-0.2, 0) is 30.4 Å². The molecule has 0 fully saturated rings. The summed E-state index contributed by atoms with van der Waals surface area (Å²) in [6.07, 6.45) is 6.69. The molecular weight excluding hydrogens is 248 g/mol. The zero-order valence-corrected chi connectivity index (χ0v) is 11.8. The van der Waals surface area contributed by atoms with Crippen molar-refractivity contribution < 1.29 is 9.53 Å². The highest BCUT2D eigenvalue weighted by atomic mass is 16.5. The van der Waals surface area contributed by atoms with Crippen LogP contribution in [-0.4, -0.2) is 13.1 Å². The molecule has 2 aromatic rings. The average molecular weight is 266 g/mol. The van der Waals surface area contributed by atoms with E-state index in [-0.39, 0.29) is 5.97 Å². The molecule has 20 heavy (non-hydrogen) atoms. The maximum absolute atomic E-state index is 12.1. The van der Waals surface area contributed by atoms with E-state index < -0.39 is 0 Å². The summed E-state index contributed by atoms with van der Waals surface area (Å²) in [5.74, 6) is -0.179. The van der Waals surface area contributed by atoms with Crippen LogP contribution in [0.3, 0.4) is 0 Å². The first-order chi connectivity index (χ1) is 9.79. The van der Waals surface area contributed by atoms with Gasteiger partial charge in [0.25, 0.3) is 0 Å². The lowest BCUT2D eigenvalue weighted by atomic mass is 9.78. The van der Waals surface area contributed by atoms with Crippen molar-refractivity contribution in [2.75, 3.05) is 7.11 Å². The number of rotatable bonds is 1. The van der Waals surface area contributed by atoms with Gasteiger partial charge in [0.05, 0.1) is 12.7 Å². The summed E-state index contributed by atoms with van der Waals surface area (Å²) in [5.41, 5.74) is 6.24. The lowest BCUT2D eigenvalue weighted by Gasteiger charge is -2.26. The highest BCUT2D eigenvalue weighted by molar-refractivity contribution is 6.03. The van der Waals surface area contributed by atoms with Crippen molar-refractivity contribution in [3.8, 4) is 0 Å². The topological polar surface area (TPSA) is 26.3 Å². The monoisotopic (exact) mass is 266 g/mol. The van der Waals surface area contributed by atoms with Crippen molar-refractivity contribution in [2.24, 2.45) is 0 Å². The predicted octanol–water partition coefficient (Wildman–Crippen LogP) is 3.60. The molecule has 0 bridgehead atoms. The van der Waals surface area contributed by atoms with Gasteiger partial charge in [-0.3, -0.25) is 0 Å². The van der Waals surface area contributed by atoms with Gasteiger partial charge >= 0.3 is 5.97 Å². The predicted molar refractivity (Wildman–Crippen MR) is 79.3 cm³/mol. The molecule has 0 amide bonds. The van der Waals surface area contributed by atoms with Crippen LogP contribution in [0.2, 0.25) is 0 Å². The van der Waals surface area contributed by atoms with E-state index in [0.29, 0.717) is 0 Å². The third kappa shape index (κ3) is 1.54. The molecule has 0 saturated heterocycles. The zero-order chi connectivity index (χ0) is 13.7. The van der Waals surface area contributed by atoms with E-state index >= 15 is 0 Å². The molecule has 0 heterocycles. The Morgan fingerprint density at radius 1 is 0.950 bits per heavy atom.